The molecule has 1 atom stereocenters. The monoisotopic (exact) mass is 286 g/mol. The quantitative estimate of drug-likeness (QED) is 0.915. The first-order chi connectivity index (χ1) is 7.51. The van der Waals surface area contributed by atoms with Crippen LogP contribution in [0.2, 0.25) is 0 Å². The lowest BCUT2D eigenvalue weighted by Crippen LogP contribution is -2.05. The largest absolute Gasteiger partial charge is 0.496 e. The predicted molar refractivity (Wildman–Crippen MR) is 70.3 cm³/mol. The fourth-order valence-electron chi connectivity index (χ4n) is 1.77. The van der Waals surface area contributed by atoms with E-state index in [0.29, 0.717) is 5.92 Å². The normalized spacial score (nSPS) is 12.9. The Kier molecular flexibility index (Phi) is 4.81. The Hall–Kier alpha value is -0.540. The molecule has 2 nitrogen and oxygen atoms in total. The lowest BCUT2D eigenvalue weighted by molar-refractivity contribution is 0.269. The summed E-state index contributed by atoms with van der Waals surface area (Å²) < 4.78 is 6.52. The minimum absolute atomic E-state index is 0.0879. The third-order valence-electron chi connectivity index (χ3n) is 2.74. The van der Waals surface area contributed by atoms with Crippen molar-refractivity contribution < 1.29 is 9.84 Å². The third-order valence-corrected chi connectivity index (χ3v) is 3.20. The Morgan fingerprint density at radius 3 is 2.25 bits per heavy atom. The molecule has 0 aromatic heterocycles. The van der Waals surface area contributed by atoms with Crippen molar-refractivity contribution in [2.24, 2.45) is 0 Å². The molecule has 0 amide bonds. The van der Waals surface area contributed by atoms with Crippen LogP contribution < -0.4 is 4.74 Å². The van der Waals surface area contributed by atoms with E-state index in [9.17, 15) is 5.11 Å². The van der Waals surface area contributed by atoms with Crippen LogP contribution in [-0.2, 0) is 0 Å². The molecule has 1 rings (SSSR count). The highest BCUT2D eigenvalue weighted by atomic mass is 79.9. The summed E-state index contributed by atoms with van der Waals surface area (Å²) in [4.78, 5) is 0. The molecule has 0 saturated heterocycles. The maximum Gasteiger partial charge on any atom is 0.125 e. The minimum atomic E-state index is 0.0879. The number of ether oxygens (including phenoxy) is 1. The third kappa shape index (κ3) is 2.77. The van der Waals surface area contributed by atoms with E-state index >= 15 is 0 Å². The number of rotatable bonds is 4. The maximum absolute atomic E-state index is 9.26. The molecule has 1 aromatic carbocycles. The Morgan fingerprint density at radius 1 is 1.25 bits per heavy atom. The number of aliphatic hydroxyl groups excluding tert-OH is 1. The van der Waals surface area contributed by atoms with Gasteiger partial charge in [0.05, 0.1) is 7.11 Å². The smallest absolute Gasteiger partial charge is 0.125 e. The SMILES string of the molecule is COc1c(C(C)C)cc(Br)cc1C(C)CO. The van der Waals surface area contributed by atoms with Crippen molar-refractivity contribution in [2.45, 2.75) is 32.6 Å². The van der Waals surface area contributed by atoms with Crippen molar-refractivity contribution >= 4 is 15.9 Å². The topological polar surface area (TPSA) is 29.5 Å². The van der Waals surface area contributed by atoms with Gasteiger partial charge in [0, 0.05) is 22.6 Å². The molecule has 0 radical (unpaired) electrons. The Bertz CT molecular complexity index is 361. The molecule has 0 bridgehead atoms. The standard InChI is InChI=1S/C13H19BrO2/c1-8(2)11-5-10(14)6-12(9(3)7-15)13(11)16-4/h5-6,8-9,15H,7H2,1-4H3. The van der Waals surface area contributed by atoms with Gasteiger partial charge < -0.3 is 9.84 Å². The van der Waals surface area contributed by atoms with Crippen LogP contribution in [0, 0.1) is 0 Å². The van der Waals surface area contributed by atoms with E-state index in [0.717, 1.165) is 15.8 Å². The van der Waals surface area contributed by atoms with Crippen LogP contribution in [0.5, 0.6) is 5.75 Å². The van der Waals surface area contributed by atoms with Gasteiger partial charge >= 0.3 is 0 Å². The van der Waals surface area contributed by atoms with Crippen LogP contribution in [0.15, 0.2) is 16.6 Å². The molecule has 0 fully saturated rings. The van der Waals surface area contributed by atoms with Gasteiger partial charge in [0.1, 0.15) is 5.75 Å². The second kappa shape index (κ2) is 5.69. The fraction of sp³-hybridized carbons (Fsp3) is 0.538. The summed E-state index contributed by atoms with van der Waals surface area (Å²) in [5, 5.41) is 9.26. The first-order valence-corrected chi connectivity index (χ1v) is 6.28. The van der Waals surface area contributed by atoms with Crippen molar-refractivity contribution in [3.05, 3.63) is 27.7 Å². The summed E-state index contributed by atoms with van der Waals surface area (Å²) in [5.74, 6) is 1.39. The molecule has 0 saturated carbocycles. The van der Waals surface area contributed by atoms with Gasteiger partial charge in [0.2, 0.25) is 0 Å². The van der Waals surface area contributed by atoms with Gasteiger partial charge in [0.15, 0.2) is 0 Å². The summed E-state index contributed by atoms with van der Waals surface area (Å²) in [6.07, 6.45) is 0. The fourth-order valence-corrected chi connectivity index (χ4v) is 2.26. The van der Waals surface area contributed by atoms with E-state index in [2.05, 4.69) is 35.8 Å². The number of hydrogen-bond donors (Lipinski definition) is 1. The van der Waals surface area contributed by atoms with E-state index < -0.39 is 0 Å². The van der Waals surface area contributed by atoms with Gasteiger partial charge in [-0.25, -0.2) is 0 Å². The molecule has 1 N–H and O–H groups in total. The van der Waals surface area contributed by atoms with E-state index in [4.69, 9.17) is 4.74 Å². The summed E-state index contributed by atoms with van der Waals surface area (Å²) in [6.45, 7) is 6.40. The molecule has 1 unspecified atom stereocenters. The molecule has 0 aliphatic carbocycles. The molecular weight excluding hydrogens is 268 g/mol. The summed E-state index contributed by atoms with van der Waals surface area (Å²) in [6, 6.07) is 4.10. The first-order valence-electron chi connectivity index (χ1n) is 5.49. The zero-order valence-electron chi connectivity index (χ0n) is 10.2. The van der Waals surface area contributed by atoms with Crippen molar-refractivity contribution in [3.8, 4) is 5.75 Å². The molecule has 0 spiro atoms. The molecule has 0 aliphatic heterocycles. The highest BCUT2D eigenvalue weighted by Gasteiger charge is 2.17. The van der Waals surface area contributed by atoms with E-state index in [-0.39, 0.29) is 12.5 Å². The van der Waals surface area contributed by atoms with Gasteiger partial charge in [-0.15, -0.1) is 0 Å². The molecule has 16 heavy (non-hydrogen) atoms. The van der Waals surface area contributed by atoms with Gasteiger partial charge in [-0.1, -0.05) is 36.7 Å². The van der Waals surface area contributed by atoms with Gasteiger partial charge in [-0.05, 0) is 23.6 Å². The first kappa shape index (κ1) is 13.5. The lowest BCUT2D eigenvalue weighted by Gasteiger charge is -2.19. The van der Waals surface area contributed by atoms with Gasteiger partial charge in [-0.2, -0.15) is 0 Å². The average Bonchev–Trinajstić information content (AvgIpc) is 2.26. The van der Waals surface area contributed by atoms with Crippen LogP contribution >= 0.6 is 15.9 Å². The van der Waals surface area contributed by atoms with Crippen LogP contribution in [-0.4, -0.2) is 18.8 Å². The molecule has 3 heteroatoms. The van der Waals surface area contributed by atoms with Crippen molar-refractivity contribution in [3.63, 3.8) is 0 Å². The number of halogens is 1. The predicted octanol–water partition coefficient (Wildman–Crippen LogP) is 3.68. The van der Waals surface area contributed by atoms with Gasteiger partial charge in [0.25, 0.3) is 0 Å². The highest BCUT2D eigenvalue weighted by Crippen LogP contribution is 2.37. The number of benzene rings is 1. The van der Waals surface area contributed by atoms with Crippen LogP contribution in [0.4, 0.5) is 0 Å². The van der Waals surface area contributed by atoms with Crippen molar-refractivity contribution in [2.75, 3.05) is 13.7 Å². The van der Waals surface area contributed by atoms with Crippen LogP contribution in [0.25, 0.3) is 0 Å². The molecule has 1 aromatic rings. The lowest BCUT2D eigenvalue weighted by atomic mass is 9.93. The molecule has 0 heterocycles. The molecule has 90 valence electrons. The average molecular weight is 287 g/mol. The second-order valence-corrected chi connectivity index (χ2v) is 5.27. The Balaban J connectivity index is 3.35. The highest BCUT2D eigenvalue weighted by molar-refractivity contribution is 9.10. The zero-order valence-corrected chi connectivity index (χ0v) is 11.8. The van der Waals surface area contributed by atoms with Crippen LogP contribution in [0.1, 0.15) is 43.7 Å². The second-order valence-electron chi connectivity index (χ2n) is 4.36. The summed E-state index contributed by atoms with van der Waals surface area (Å²) in [5.41, 5.74) is 2.23. The number of hydrogen-bond acceptors (Lipinski definition) is 2. The van der Waals surface area contributed by atoms with Gasteiger partial charge in [-0.3, -0.25) is 0 Å². The van der Waals surface area contributed by atoms with E-state index in [1.54, 1.807) is 7.11 Å². The van der Waals surface area contributed by atoms with E-state index in [1.807, 2.05) is 13.0 Å². The maximum atomic E-state index is 9.26. The van der Waals surface area contributed by atoms with E-state index in [1.165, 1.54) is 5.56 Å². The Morgan fingerprint density at radius 2 is 1.81 bits per heavy atom. The van der Waals surface area contributed by atoms with Crippen LogP contribution in [0.3, 0.4) is 0 Å². The van der Waals surface area contributed by atoms with Crippen molar-refractivity contribution in [1.82, 2.24) is 0 Å². The molecule has 0 aliphatic rings. The molecular formula is C13H19BrO2. The summed E-state index contributed by atoms with van der Waals surface area (Å²) in [7, 11) is 1.68. The minimum Gasteiger partial charge on any atom is -0.496 e. The number of aliphatic hydroxyl groups is 1. The zero-order chi connectivity index (χ0) is 12.3. The Labute approximate surface area is 106 Å². The summed E-state index contributed by atoms with van der Waals surface area (Å²) >= 11 is 3.50. The van der Waals surface area contributed by atoms with Crippen molar-refractivity contribution in [1.29, 1.82) is 0 Å². The number of methoxy groups -OCH3 is 1.